The molecule has 0 aromatic carbocycles. The number of fused-ring (bicyclic) bond motifs is 1. The molecule has 25 heavy (non-hydrogen) atoms. The quantitative estimate of drug-likeness (QED) is 0.698. The molecule has 3 aromatic heterocycles. The number of aliphatic hydroxyl groups is 1. The first-order chi connectivity index (χ1) is 12.0. The van der Waals surface area contributed by atoms with E-state index in [1.807, 2.05) is 29.7 Å². The maximum Gasteiger partial charge on any atom is 0.129 e. The number of halogens is 1. The molecule has 6 heteroatoms. The first kappa shape index (κ1) is 17.0. The largest absolute Gasteiger partial charge is 0.388 e. The van der Waals surface area contributed by atoms with E-state index >= 15 is 0 Å². The van der Waals surface area contributed by atoms with Crippen LogP contribution in [0.3, 0.4) is 0 Å². The van der Waals surface area contributed by atoms with Gasteiger partial charge in [-0.25, -0.2) is 4.98 Å². The van der Waals surface area contributed by atoms with Gasteiger partial charge in [0.25, 0.3) is 0 Å². The number of pyridine rings is 1. The van der Waals surface area contributed by atoms with Gasteiger partial charge in [-0.05, 0) is 50.1 Å². The van der Waals surface area contributed by atoms with Crippen LogP contribution in [0.15, 0.2) is 36.5 Å². The molecular weight excluding hydrogens is 354 g/mol. The summed E-state index contributed by atoms with van der Waals surface area (Å²) in [5.74, 6) is 0. The number of thiophene rings is 1. The van der Waals surface area contributed by atoms with Crippen molar-refractivity contribution in [3.05, 3.63) is 51.4 Å². The molecule has 1 aliphatic rings. The lowest BCUT2D eigenvalue weighted by Crippen LogP contribution is -2.46. The fourth-order valence-electron chi connectivity index (χ4n) is 3.58. The van der Waals surface area contributed by atoms with Crippen molar-refractivity contribution in [3.63, 3.8) is 0 Å². The molecule has 1 saturated heterocycles. The first-order valence-corrected chi connectivity index (χ1v) is 9.82. The van der Waals surface area contributed by atoms with Crippen LogP contribution in [0, 0.1) is 6.92 Å². The van der Waals surface area contributed by atoms with Crippen LogP contribution in [0.1, 0.15) is 22.6 Å². The van der Waals surface area contributed by atoms with Gasteiger partial charge in [0.2, 0.25) is 0 Å². The van der Waals surface area contributed by atoms with Gasteiger partial charge in [-0.15, -0.1) is 11.3 Å². The van der Waals surface area contributed by atoms with Crippen molar-refractivity contribution in [1.29, 1.82) is 0 Å². The van der Waals surface area contributed by atoms with Gasteiger partial charge < -0.3 is 9.67 Å². The lowest BCUT2D eigenvalue weighted by atomic mass is 9.91. The molecular formula is C19H22ClN3OS. The summed E-state index contributed by atoms with van der Waals surface area (Å²) < 4.78 is 2.09. The van der Waals surface area contributed by atoms with E-state index in [-0.39, 0.29) is 0 Å². The van der Waals surface area contributed by atoms with E-state index in [1.165, 1.54) is 9.75 Å². The number of rotatable bonds is 4. The van der Waals surface area contributed by atoms with E-state index < -0.39 is 5.60 Å². The Morgan fingerprint density at radius 3 is 2.72 bits per heavy atom. The summed E-state index contributed by atoms with van der Waals surface area (Å²) in [4.78, 5) is 9.53. The Bertz CT molecular complexity index is 880. The Morgan fingerprint density at radius 1 is 1.20 bits per heavy atom. The minimum absolute atomic E-state index is 0.501. The molecule has 4 heterocycles. The fraction of sp³-hybridized carbons (Fsp3) is 0.421. The summed E-state index contributed by atoms with van der Waals surface area (Å²) >= 11 is 7.82. The van der Waals surface area contributed by atoms with E-state index in [2.05, 4.69) is 33.5 Å². The molecule has 0 atom stereocenters. The van der Waals surface area contributed by atoms with Gasteiger partial charge in [-0.1, -0.05) is 11.6 Å². The number of hydrogen-bond donors (Lipinski definition) is 1. The van der Waals surface area contributed by atoms with E-state index in [9.17, 15) is 5.11 Å². The standard InChI is InChI=1S/C19H22ClN3OS/c1-14-2-3-15(25-14)12-22-10-7-19(24,8-11-22)13-23-9-6-16-17(23)4-5-18(20)21-16/h2-6,9,24H,7-8,10-13H2,1H3. The van der Waals surface area contributed by atoms with Gasteiger partial charge in [0, 0.05) is 35.6 Å². The highest BCUT2D eigenvalue weighted by Gasteiger charge is 2.33. The molecule has 0 aliphatic carbocycles. The van der Waals surface area contributed by atoms with Gasteiger partial charge in [0.15, 0.2) is 0 Å². The summed E-state index contributed by atoms with van der Waals surface area (Å²) in [7, 11) is 0. The number of piperidine rings is 1. The van der Waals surface area contributed by atoms with Gasteiger partial charge in [0.1, 0.15) is 5.15 Å². The molecule has 0 amide bonds. The van der Waals surface area contributed by atoms with Crippen LogP contribution in [0.2, 0.25) is 5.15 Å². The molecule has 0 saturated carbocycles. The third kappa shape index (κ3) is 3.75. The zero-order chi connectivity index (χ0) is 17.4. The summed E-state index contributed by atoms with van der Waals surface area (Å²) in [6.07, 6.45) is 3.57. The minimum Gasteiger partial charge on any atom is -0.388 e. The third-order valence-corrected chi connectivity index (χ3v) is 6.21. The third-order valence-electron chi connectivity index (χ3n) is 5.02. The van der Waals surface area contributed by atoms with E-state index in [4.69, 9.17) is 11.6 Å². The van der Waals surface area contributed by atoms with Crippen molar-refractivity contribution in [2.75, 3.05) is 13.1 Å². The molecule has 0 unspecified atom stereocenters. The van der Waals surface area contributed by atoms with Crippen LogP contribution in [0.25, 0.3) is 11.0 Å². The number of aryl methyl sites for hydroxylation is 1. The molecule has 4 nitrogen and oxygen atoms in total. The van der Waals surface area contributed by atoms with Crippen LogP contribution < -0.4 is 0 Å². The SMILES string of the molecule is Cc1ccc(CN2CCC(O)(Cn3ccc4nc(Cl)ccc43)CC2)s1. The lowest BCUT2D eigenvalue weighted by Gasteiger charge is -2.38. The topological polar surface area (TPSA) is 41.3 Å². The second kappa shape index (κ2) is 6.72. The maximum atomic E-state index is 11.1. The van der Waals surface area contributed by atoms with Crippen molar-refractivity contribution in [2.45, 2.75) is 38.5 Å². The Kier molecular flexibility index (Phi) is 4.58. The predicted octanol–water partition coefficient (Wildman–Crippen LogP) is 4.09. The summed E-state index contributed by atoms with van der Waals surface area (Å²) in [5.41, 5.74) is 1.24. The van der Waals surface area contributed by atoms with Crippen molar-refractivity contribution >= 4 is 34.0 Å². The summed E-state index contributed by atoms with van der Waals surface area (Å²) in [6, 6.07) is 10.1. The van der Waals surface area contributed by atoms with E-state index in [0.29, 0.717) is 11.7 Å². The second-order valence-corrected chi connectivity index (χ2v) is 8.75. The zero-order valence-corrected chi connectivity index (χ0v) is 15.9. The highest BCUT2D eigenvalue weighted by molar-refractivity contribution is 7.11. The Labute approximate surface area is 156 Å². The summed E-state index contributed by atoms with van der Waals surface area (Å²) in [6.45, 7) is 5.59. The van der Waals surface area contributed by atoms with E-state index in [0.717, 1.165) is 43.5 Å². The number of likely N-dealkylation sites (tertiary alicyclic amines) is 1. The minimum atomic E-state index is -0.659. The number of aromatic nitrogens is 2. The smallest absolute Gasteiger partial charge is 0.129 e. The van der Waals surface area contributed by atoms with Crippen molar-refractivity contribution < 1.29 is 5.11 Å². The van der Waals surface area contributed by atoms with Gasteiger partial charge in [-0.3, -0.25) is 4.90 Å². The van der Waals surface area contributed by atoms with Crippen LogP contribution in [-0.2, 0) is 13.1 Å². The predicted molar refractivity (Wildman–Crippen MR) is 103 cm³/mol. The van der Waals surface area contributed by atoms with Crippen molar-refractivity contribution in [1.82, 2.24) is 14.5 Å². The molecule has 4 rings (SSSR count). The average Bonchev–Trinajstić information content (AvgIpc) is 3.16. The first-order valence-electron chi connectivity index (χ1n) is 8.62. The Balaban J connectivity index is 1.41. The molecule has 1 aliphatic heterocycles. The Morgan fingerprint density at radius 2 is 2.00 bits per heavy atom. The molecule has 0 spiro atoms. The monoisotopic (exact) mass is 375 g/mol. The lowest BCUT2D eigenvalue weighted by molar-refractivity contribution is -0.0347. The van der Waals surface area contributed by atoms with Gasteiger partial charge in [-0.2, -0.15) is 0 Å². The van der Waals surface area contributed by atoms with Crippen molar-refractivity contribution in [2.24, 2.45) is 0 Å². The highest BCUT2D eigenvalue weighted by Crippen LogP contribution is 2.28. The van der Waals surface area contributed by atoms with Crippen LogP contribution in [0.4, 0.5) is 0 Å². The maximum absolute atomic E-state index is 11.1. The second-order valence-electron chi connectivity index (χ2n) is 6.99. The van der Waals surface area contributed by atoms with Gasteiger partial charge in [0.05, 0.1) is 23.2 Å². The number of nitrogens with zero attached hydrogens (tertiary/aromatic N) is 3. The zero-order valence-electron chi connectivity index (χ0n) is 14.3. The van der Waals surface area contributed by atoms with Crippen molar-refractivity contribution in [3.8, 4) is 0 Å². The van der Waals surface area contributed by atoms with Crippen LogP contribution in [0.5, 0.6) is 0 Å². The van der Waals surface area contributed by atoms with Gasteiger partial charge >= 0.3 is 0 Å². The van der Waals surface area contributed by atoms with E-state index in [1.54, 1.807) is 6.07 Å². The molecule has 1 N–H and O–H groups in total. The molecule has 1 fully saturated rings. The highest BCUT2D eigenvalue weighted by atomic mass is 35.5. The molecule has 0 bridgehead atoms. The molecule has 3 aromatic rings. The van der Waals surface area contributed by atoms with Crippen LogP contribution >= 0.6 is 22.9 Å². The van der Waals surface area contributed by atoms with Crippen LogP contribution in [-0.4, -0.2) is 38.2 Å². The number of hydrogen-bond acceptors (Lipinski definition) is 4. The summed E-state index contributed by atoms with van der Waals surface area (Å²) in [5, 5.41) is 11.6. The molecule has 132 valence electrons. The molecule has 0 radical (unpaired) electrons. The average molecular weight is 376 g/mol. The fourth-order valence-corrected chi connectivity index (χ4v) is 4.67. The normalized spacial score (nSPS) is 18.0. The Hall–Kier alpha value is -1.40.